The first-order valence-electron chi connectivity index (χ1n) is 7.34. The number of imidazole rings is 1. The molecule has 4 nitrogen and oxygen atoms in total. The van der Waals surface area contributed by atoms with E-state index in [-0.39, 0.29) is 11.9 Å². The highest BCUT2D eigenvalue weighted by Crippen LogP contribution is 2.25. The van der Waals surface area contributed by atoms with Crippen LogP contribution in [-0.4, -0.2) is 21.5 Å². The summed E-state index contributed by atoms with van der Waals surface area (Å²) < 4.78 is 2.29. The van der Waals surface area contributed by atoms with Gasteiger partial charge in [0, 0.05) is 24.6 Å². The molecule has 1 aromatic carbocycles. The molecule has 0 fully saturated rings. The minimum atomic E-state index is -0.0266. The van der Waals surface area contributed by atoms with E-state index in [9.17, 15) is 4.79 Å². The van der Waals surface area contributed by atoms with Gasteiger partial charge in [0.15, 0.2) is 0 Å². The van der Waals surface area contributed by atoms with Gasteiger partial charge in [-0.2, -0.15) is 0 Å². The summed E-state index contributed by atoms with van der Waals surface area (Å²) in [5.74, 6) is 1.82. The first-order chi connectivity index (χ1) is 9.54. The number of amides is 1. The van der Waals surface area contributed by atoms with Crippen LogP contribution in [0.5, 0.6) is 0 Å². The lowest BCUT2D eigenvalue weighted by Crippen LogP contribution is -2.29. The monoisotopic (exact) mass is 271 g/mol. The number of nitrogens with one attached hydrogen (secondary N) is 1. The standard InChI is InChI=1S/C16H21N3O/c1-10(2)17-16(20)12-4-5-14-13(9-12)18-15-8-11(3)6-7-19(14)15/h4-5,9-11H,6-8H2,1-3H3,(H,17,20)/t11-/m0/s1. The van der Waals surface area contributed by atoms with Crippen molar-refractivity contribution >= 4 is 16.9 Å². The fourth-order valence-electron chi connectivity index (χ4n) is 2.83. The highest BCUT2D eigenvalue weighted by Gasteiger charge is 2.19. The summed E-state index contributed by atoms with van der Waals surface area (Å²) in [6.45, 7) is 7.23. The smallest absolute Gasteiger partial charge is 0.251 e. The van der Waals surface area contributed by atoms with Gasteiger partial charge in [-0.1, -0.05) is 6.92 Å². The van der Waals surface area contributed by atoms with Crippen LogP contribution in [0.25, 0.3) is 11.0 Å². The average molecular weight is 271 g/mol. The lowest BCUT2D eigenvalue weighted by Gasteiger charge is -2.20. The molecule has 4 heteroatoms. The quantitative estimate of drug-likeness (QED) is 0.913. The van der Waals surface area contributed by atoms with Crippen LogP contribution < -0.4 is 5.32 Å². The van der Waals surface area contributed by atoms with Gasteiger partial charge < -0.3 is 9.88 Å². The molecular weight excluding hydrogens is 250 g/mol. The fraction of sp³-hybridized carbons (Fsp3) is 0.500. The lowest BCUT2D eigenvalue weighted by atomic mass is 10.0. The van der Waals surface area contributed by atoms with Gasteiger partial charge in [-0.25, -0.2) is 4.98 Å². The van der Waals surface area contributed by atoms with E-state index in [0.29, 0.717) is 11.5 Å². The summed E-state index contributed by atoms with van der Waals surface area (Å²) in [6, 6.07) is 5.97. The van der Waals surface area contributed by atoms with Gasteiger partial charge in [0.25, 0.3) is 5.91 Å². The molecule has 1 N–H and O–H groups in total. The minimum absolute atomic E-state index is 0.0266. The van der Waals surface area contributed by atoms with Gasteiger partial charge >= 0.3 is 0 Å². The summed E-state index contributed by atoms with van der Waals surface area (Å²) in [5, 5.41) is 2.92. The lowest BCUT2D eigenvalue weighted by molar-refractivity contribution is 0.0943. The summed E-state index contributed by atoms with van der Waals surface area (Å²) in [4.78, 5) is 16.8. The van der Waals surface area contributed by atoms with Crippen molar-refractivity contribution in [3.05, 3.63) is 29.6 Å². The molecule has 2 aromatic rings. The predicted molar refractivity (Wildman–Crippen MR) is 79.8 cm³/mol. The van der Waals surface area contributed by atoms with Crippen molar-refractivity contribution in [1.82, 2.24) is 14.9 Å². The fourth-order valence-corrected chi connectivity index (χ4v) is 2.83. The molecule has 0 saturated heterocycles. The second-order valence-electron chi connectivity index (χ2n) is 6.11. The van der Waals surface area contributed by atoms with Crippen LogP contribution in [0.3, 0.4) is 0 Å². The van der Waals surface area contributed by atoms with Gasteiger partial charge in [0.2, 0.25) is 0 Å². The average Bonchev–Trinajstić information content (AvgIpc) is 2.73. The SMILES string of the molecule is CC(C)NC(=O)c1ccc2c(c1)nc1n2CC[C@H](C)C1. The molecule has 1 aromatic heterocycles. The van der Waals surface area contributed by atoms with E-state index in [1.54, 1.807) is 0 Å². The highest BCUT2D eigenvalue weighted by atomic mass is 16.1. The van der Waals surface area contributed by atoms with E-state index in [4.69, 9.17) is 4.98 Å². The van der Waals surface area contributed by atoms with Crippen molar-refractivity contribution in [1.29, 1.82) is 0 Å². The maximum Gasteiger partial charge on any atom is 0.251 e. The Balaban J connectivity index is 1.98. The first-order valence-corrected chi connectivity index (χ1v) is 7.34. The number of rotatable bonds is 2. The van der Waals surface area contributed by atoms with Crippen molar-refractivity contribution in [3.63, 3.8) is 0 Å². The Labute approximate surface area is 119 Å². The molecule has 0 radical (unpaired) electrons. The Morgan fingerprint density at radius 2 is 2.25 bits per heavy atom. The van der Waals surface area contributed by atoms with Crippen LogP contribution in [0.1, 0.15) is 43.4 Å². The third-order valence-corrected chi connectivity index (χ3v) is 3.89. The number of aromatic nitrogens is 2. The van der Waals surface area contributed by atoms with Gasteiger partial charge in [-0.15, -0.1) is 0 Å². The molecule has 0 unspecified atom stereocenters. The van der Waals surface area contributed by atoms with Gasteiger partial charge in [0.1, 0.15) is 5.82 Å². The zero-order valence-electron chi connectivity index (χ0n) is 12.3. The maximum atomic E-state index is 12.0. The van der Waals surface area contributed by atoms with Crippen molar-refractivity contribution in [2.24, 2.45) is 5.92 Å². The Hall–Kier alpha value is -1.84. The number of nitrogens with zero attached hydrogens (tertiary/aromatic N) is 2. The van der Waals surface area contributed by atoms with E-state index in [1.165, 1.54) is 6.42 Å². The van der Waals surface area contributed by atoms with Crippen molar-refractivity contribution < 1.29 is 4.79 Å². The largest absolute Gasteiger partial charge is 0.350 e. The molecule has 2 heterocycles. The second-order valence-corrected chi connectivity index (χ2v) is 6.11. The normalized spacial score (nSPS) is 18.3. The number of carbonyl (C=O) groups excluding carboxylic acids is 1. The number of carbonyl (C=O) groups is 1. The number of fused-ring (bicyclic) bond motifs is 3. The van der Waals surface area contributed by atoms with E-state index in [1.807, 2.05) is 32.0 Å². The molecule has 1 aliphatic heterocycles. The zero-order chi connectivity index (χ0) is 14.3. The Morgan fingerprint density at radius 3 is 3.00 bits per heavy atom. The highest BCUT2D eigenvalue weighted by molar-refractivity contribution is 5.97. The topological polar surface area (TPSA) is 46.9 Å². The van der Waals surface area contributed by atoms with Crippen LogP contribution in [0.4, 0.5) is 0 Å². The molecule has 0 aliphatic carbocycles. The van der Waals surface area contributed by atoms with Gasteiger partial charge in [-0.3, -0.25) is 4.79 Å². The van der Waals surface area contributed by atoms with Crippen LogP contribution >= 0.6 is 0 Å². The van der Waals surface area contributed by atoms with Gasteiger partial charge in [0.05, 0.1) is 11.0 Å². The Kier molecular flexibility index (Phi) is 3.24. The van der Waals surface area contributed by atoms with Crippen LogP contribution in [0.2, 0.25) is 0 Å². The third kappa shape index (κ3) is 2.30. The Bertz CT molecular complexity index is 657. The van der Waals surface area contributed by atoms with E-state index < -0.39 is 0 Å². The summed E-state index contributed by atoms with van der Waals surface area (Å²) in [7, 11) is 0. The first kappa shape index (κ1) is 13.2. The number of benzene rings is 1. The van der Waals surface area contributed by atoms with Gasteiger partial charge in [-0.05, 0) is 44.4 Å². The van der Waals surface area contributed by atoms with Crippen LogP contribution in [0.15, 0.2) is 18.2 Å². The Morgan fingerprint density at radius 1 is 1.45 bits per heavy atom. The van der Waals surface area contributed by atoms with E-state index >= 15 is 0 Å². The molecular formula is C16H21N3O. The van der Waals surface area contributed by atoms with E-state index in [2.05, 4.69) is 16.8 Å². The summed E-state index contributed by atoms with van der Waals surface area (Å²) in [5.41, 5.74) is 2.77. The summed E-state index contributed by atoms with van der Waals surface area (Å²) >= 11 is 0. The molecule has 1 aliphatic rings. The number of hydrogen-bond donors (Lipinski definition) is 1. The van der Waals surface area contributed by atoms with Crippen molar-refractivity contribution in [2.45, 2.75) is 46.2 Å². The number of hydrogen-bond acceptors (Lipinski definition) is 2. The summed E-state index contributed by atoms with van der Waals surface area (Å²) in [6.07, 6.45) is 2.23. The molecule has 0 bridgehead atoms. The van der Waals surface area contributed by atoms with Crippen LogP contribution in [-0.2, 0) is 13.0 Å². The number of aryl methyl sites for hydroxylation is 1. The minimum Gasteiger partial charge on any atom is -0.350 e. The molecule has 106 valence electrons. The zero-order valence-corrected chi connectivity index (χ0v) is 12.3. The molecule has 0 spiro atoms. The molecule has 20 heavy (non-hydrogen) atoms. The third-order valence-electron chi connectivity index (χ3n) is 3.89. The molecule has 3 rings (SSSR count). The molecule has 1 atom stereocenters. The maximum absolute atomic E-state index is 12.0. The van der Waals surface area contributed by atoms with Crippen molar-refractivity contribution in [3.8, 4) is 0 Å². The van der Waals surface area contributed by atoms with Crippen LogP contribution in [0, 0.1) is 5.92 Å². The predicted octanol–water partition coefficient (Wildman–Crippen LogP) is 2.76. The van der Waals surface area contributed by atoms with E-state index in [0.717, 1.165) is 29.8 Å². The molecule has 0 saturated carbocycles. The van der Waals surface area contributed by atoms with Crippen molar-refractivity contribution in [2.75, 3.05) is 0 Å². The molecule has 1 amide bonds. The second kappa shape index (κ2) is 4.93.